The fraction of sp³-hybridized carbons (Fsp3) is 0. The van der Waals surface area contributed by atoms with Crippen molar-refractivity contribution in [2.45, 2.75) is 0 Å². The monoisotopic (exact) mass is 255 g/mol. The number of hydrogen-bond donors (Lipinski definition) is 0. The molecular formula is C6H4Cl2NO4P. The number of halogens is 2. The standard InChI is InChI=1S/C6H4Cl2NO4P/c7-13-14(8,12)6-3-1-2-5(4-6)9(10)11/h1-4H. The molecule has 0 radical (unpaired) electrons. The molecule has 0 spiro atoms. The molecule has 0 saturated heterocycles. The van der Waals surface area contributed by atoms with Gasteiger partial charge in [-0.1, -0.05) is 6.07 Å². The average Bonchev–Trinajstić information content (AvgIpc) is 2.18. The Labute approximate surface area is 89.1 Å². The van der Waals surface area contributed by atoms with E-state index in [1.807, 2.05) is 0 Å². The van der Waals surface area contributed by atoms with Crippen molar-refractivity contribution in [1.29, 1.82) is 0 Å². The zero-order valence-corrected chi connectivity index (χ0v) is 9.00. The lowest BCUT2D eigenvalue weighted by Gasteiger charge is -2.04. The Morgan fingerprint density at radius 3 is 2.64 bits per heavy atom. The minimum absolute atomic E-state index is 0.0108. The third kappa shape index (κ3) is 2.45. The van der Waals surface area contributed by atoms with Crippen LogP contribution in [0, 0.1) is 10.1 Å². The Morgan fingerprint density at radius 2 is 2.14 bits per heavy atom. The summed E-state index contributed by atoms with van der Waals surface area (Å²) in [4.78, 5) is 9.74. The van der Waals surface area contributed by atoms with Crippen molar-refractivity contribution in [2.75, 3.05) is 0 Å². The van der Waals surface area contributed by atoms with Crippen LogP contribution < -0.4 is 5.30 Å². The molecule has 0 aliphatic heterocycles. The van der Waals surface area contributed by atoms with Gasteiger partial charge in [0.05, 0.1) is 22.1 Å². The second-order valence-corrected chi connectivity index (χ2v) is 5.69. The molecule has 0 aliphatic carbocycles. The Balaban J connectivity index is 3.19. The van der Waals surface area contributed by atoms with E-state index in [2.05, 4.69) is 4.08 Å². The summed E-state index contributed by atoms with van der Waals surface area (Å²) >= 11 is 10.3. The molecule has 1 aromatic carbocycles. The molecule has 0 fully saturated rings. The number of benzene rings is 1. The second-order valence-electron chi connectivity index (χ2n) is 2.33. The smallest absolute Gasteiger partial charge is 0.268 e. The molecule has 1 aromatic rings. The van der Waals surface area contributed by atoms with E-state index in [9.17, 15) is 14.7 Å². The summed E-state index contributed by atoms with van der Waals surface area (Å²) in [5, 5.41) is 10.4. The number of nitro groups is 1. The number of rotatable bonds is 3. The Morgan fingerprint density at radius 1 is 1.50 bits per heavy atom. The van der Waals surface area contributed by atoms with Gasteiger partial charge in [-0.15, -0.1) is 0 Å². The largest absolute Gasteiger partial charge is 0.336 e. The fourth-order valence-electron chi connectivity index (χ4n) is 0.813. The number of nitrogens with zero attached hydrogens (tertiary/aromatic N) is 1. The van der Waals surface area contributed by atoms with Crippen LogP contribution >= 0.6 is 29.8 Å². The van der Waals surface area contributed by atoms with Crippen molar-refractivity contribution in [3.05, 3.63) is 34.4 Å². The van der Waals surface area contributed by atoms with Crippen LogP contribution in [0.5, 0.6) is 0 Å². The van der Waals surface area contributed by atoms with E-state index >= 15 is 0 Å². The minimum Gasteiger partial charge on any atom is -0.268 e. The fourth-order valence-corrected chi connectivity index (χ4v) is 2.00. The first kappa shape index (κ1) is 11.5. The maximum Gasteiger partial charge on any atom is 0.336 e. The summed E-state index contributed by atoms with van der Waals surface area (Å²) in [5.74, 6) is 0. The summed E-state index contributed by atoms with van der Waals surface area (Å²) < 4.78 is 15.4. The van der Waals surface area contributed by atoms with Gasteiger partial charge in [-0.2, -0.15) is 0 Å². The lowest BCUT2D eigenvalue weighted by atomic mass is 10.3. The van der Waals surface area contributed by atoms with Gasteiger partial charge in [0, 0.05) is 12.1 Å². The van der Waals surface area contributed by atoms with Gasteiger partial charge in [0.2, 0.25) is 0 Å². The molecule has 0 amide bonds. The Hall–Kier alpha value is -0.610. The van der Waals surface area contributed by atoms with Gasteiger partial charge in [0.25, 0.3) is 5.69 Å². The topological polar surface area (TPSA) is 69.4 Å². The van der Waals surface area contributed by atoms with Gasteiger partial charge in [0.1, 0.15) is 0 Å². The molecule has 1 atom stereocenters. The zero-order valence-electron chi connectivity index (χ0n) is 6.59. The number of nitro benzene ring substituents is 1. The molecule has 0 N–H and O–H groups in total. The molecule has 0 aromatic heterocycles. The van der Waals surface area contributed by atoms with Gasteiger partial charge in [0.15, 0.2) is 0 Å². The van der Waals surface area contributed by atoms with Crippen molar-refractivity contribution in [3.8, 4) is 0 Å². The molecular weight excluding hydrogens is 252 g/mol. The highest BCUT2D eigenvalue weighted by Crippen LogP contribution is 2.52. The number of hydrogen-bond acceptors (Lipinski definition) is 4. The molecule has 1 rings (SSSR count). The highest BCUT2D eigenvalue weighted by Gasteiger charge is 2.24. The summed E-state index contributed by atoms with van der Waals surface area (Å²) in [6, 6.07) is 4.98. The highest BCUT2D eigenvalue weighted by molar-refractivity contribution is 7.91. The first-order valence-electron chi connectivity index (χ1n) is 3.32. The maximum atomic E-state index is 11.3. The Bertz CT molecular complexity index is 411. The quantitative estimate of drug-likeness (QED) is 0.473. The zero-order chi connectivity index (χ0) is 10.8. The molecule has 0 saturated carbocycles. The second kappa shape index (κ2) is 4.28. The predicted octanol–water partition coefficient (Wildman–Crippen LogP) is 2.82. The summed E-state index contributed by atoms with van der Waals surface area (Å²) in [5.41, 5.74) is -0.225. The maximum absolute atomic E-state index is 11.3. The van der Waals surface area contributed by atoms with Crippen molar-refractivity contribution in [3.63, 3.8) is 0 Å². The third-order valence-corrected chi connectivity index (χ3v) is 4.10. The van der Waals surface area contributed by atoms with E-state index in [4.69, 9.17) is 23.1 Å². The summed E-state index contributed by atoms with van der Waals surface area (Å²) in [6.07, 6.45) is 0. The van der Waals surface area contributed by atoms with Crippen molar-refractivity contribution >= 4 is 40.8 Å². The molecule has 5 nitrogen and oxygen atoms in total. The van der Waals surface area contributed by atoms with Crippen LogP contribution in [-0.2, 0) is 8.64 Å². The van der Waals surface area contributed by atoms with Crippen LogP contribution in [0.25, 0.3) is 0 Å². The first-order valence-corrected chi connectivity index (χ1v) is 6.16. The number of non-ortho nitro benzene ring substituents is 1. The summed E-state index contributed by atoms with van der Waals surface area (Å²) in [7, 11) is 0. The first-order chi connectivity index (χ1) is 6.47. The molecule has 76 valence electrons. The van der Waals surface area contributed by atoms with E-state index in [0.29, 0.717) is 0 Å². The third-order valence-electron chi connectivity index (χ3n) is 1.44. The van der Waals surface area contributed by atoms with E-state index < -0.39 is 11.6 Å². The van der Waals surface area contributed by atoms with E-state index in [-0.39, 0.29) is 11.0 Å². The minimum atomic E-state index is -3.66. The normalized spacial score (nSPS) is 14.7. The van der Waals surface area contributed by atoms with Gasteiger partial charge >= 0.3 is 6.72 Å². The van der Waals surface area contributed by atoms with Crippen LogP contribution in [0.2, 0.25) is 0 Å². The van der Waals surface area contributed by atoms with E-state index in [0.717, 1.165) is 6.07 Å². The lowest BCUT2D eigenvalue weighted by Crippen LogP contribution is -2.02. The molecule has 0 bridgehead atoms. The molecule has 0 heterocycles. The summed E-state index contributed by atoms with van der Waals surface area (Å²) in [6.45, 7) is -3.66. The molecule has 1 unspecified atom stereocenters. The van der Waals surface area contributed by atoms with Crippen LogP contribution in [0.1, 0.15) is 0 Å². The van der Waals surface area contributed by atoms with Crippen LogP contribution in [-0.4, -0.2) is 4.92 Å². The van der Waals surface area contributed by atoms with E-state index in [1.54, 1.807) is 0 Å². The van der Waals surface area contributed by atoms with Crippen molar-refractivity contribution in [2.24, 2.45) is 0 Å². The predicted molar refractivity (Wildman–Crippen MR) is 53.1 cm³/mol. The van der Waals surface area contributed by atoms with Gasteiger partial charge in [-0.3, -0.25) is 14.7 Å². The van der Waals surface area contributed by atoms with Gasteiger partial charge in [-0.05, 0) is 17.3 Å². The van der Waals surface area contributed by atoms with Crippen LogP contribution in [0.15, 0.2) is 24.3 Å². The molecule has 0 aliphatic rings. The van der Waals surface area contributed by atoms with Crippen LogP contribution in [0.4, 0.5) is 5.69 Å². The molecule has 8 heteroatoms. The average molecular weight is 256 g/mol. The van der Waals surface area contributed by atoms with Crippen molar-refractivity contribution in [1.82, 2.24) is 0 Å². The van der Waals surface area contributed by atoms with Gasteiger partial charge in [-0.25, -0.2) is 4.08 Å². The SMILES string of the molecule is O=[N+]([O-])c1cccc(P(=O)(Cl)OCl)c1. The Kier molecular flexibility index (Phi) is 3.50. The highest BCUT2D eigenvalue weighted by atomic mass is 35.7. The van der Waals surface area contributed by atoms with E-state index in [1.165, 1.54) is 18.2 Å². The lowest BCUT2D eigenvalue weighted by molar-refractivity contribution is -0.384. The van der Waals surface area contributed by atoms with Crippen LogP contribution in [0.3, 0.4) is 0 Å². The van der Waals surface area contributed by atoms with Gasteiger partial charge < -0.3 is 0 Å². The molecule has 14 heavy (non-hydrogen) atoms. The van der Waals surface area contributed by atoms with Crippen molar-refractivity contribution < 1.29 is 13.6 Å².